The largest absolute Gasteiger partial charge is 0.354 e. The molecule has 1 N–H and O–H groups in total. The smallest absolute Gasteiger partial charge is 0.319 e. The van der Waals surface area contributed by atoms with E-state index < -0.39 is 5.54 Å². The van der Waals surface area contributed by atoms with E-state index in [4.69, 9.17) is 0 Å². The van der Waals surface area contributed by atoms with Crippen LogP contribution in [0.4, 0.5) is 10.5 Å². The van der Waals surface area contributed by atoms with Crippen molar-refractivity contribution in [1.82, 2.24) is 20.0 Å². The number of nitrogens with zero attached hydrogens (tertiary/aromatic N) is 4. The standard InChI is InChI=1S/C22H33N5O3/c1-17(2)14-23-19(28)15-26-16-27(18-8-6-5-7-9-18)22(20(26)29)10-12-25(13-11-22)21(30)24(3)4/h5-9,17H,10-16H2,1-4H3,(H,23,28). The molecule has 1 aromatic carbocycles. The van der Waals surface area contributed by atoms with Crippen molar-refractivity contribution in [3.63, 3.8) is 0 Å². The molecule has 0 aliphatic carbocycles. The van der Waals surface area contributed by atoms with Crippen molar-refractivity contribution >= 4 is 23.5 Å². The predicted octanol–water partition coefficient (Wildman–Crippen LogP) is 1.58. The molecule has 2 aliphatic heterocycles. The lowest BCUT2D eigenvalue weighted by Crippen LogP contribution is -2.58. The molecule has 8 heteroatoms. The average Bonchev–Trinajstić information content (AvgIpc) is 2.99. The zero-order valence-electron chi connectivity index (χ0n) is 18.4. The molecule has 0 saturated carbocycles. The number of benzene rings is 1. The molecule has 1 spiro atoms. The van der Waals surface area contributed by atoms with Crippen LogP contribution >= 0.6 is 0 Å². The molecule has 2 heterocycles. The Kier molecular flexibility index (Phi) is 6.53. The van der Waals surface area contributed by atoms with E-state index in [2.05, 4.69) is 10.2 Å². The van der Waals surface area contributed by atoms with Crippen molar-refractivity contribution < 1.29 is 14.4 Å². The van der Waals surface area contributed by atoms with Crippen molar-refractivity contribution in [2.75, 3.05) is 51.8 Å². The van der Waals surface area contributed by atoms with Gasteiger partial charge in [-0.1, -0.05) is 32.0 Å². The summed E-state index contributed by atoms with van der Waals surface area (Å²) in [7, 11) is 3.47. The second-order valence-electron chi connectivity index (χ2n) is 8.80. The lowest BCUT2D eigenvalue weighted by Gasteiger charge is -2.43. The third kappa shape index (κ3) is 4.37. The van der Waals surface area contributed by atoms with Gasteiger partial charge in [0.1, 0.15) is 12.1 Å². The van der Waals surface area contributed by atoms with Crippen LogP contribution in [0.3, 0.4) is 0 Å². The number of amides is 4. The second kappa shape index (κ2) is 8.93. The first kappa shape index (κ1) is 21.9. The Balaban J connectivity index is 1.79. The zero-order chi connectivity index (χ0) is 21.9. The fraction of sp³-hybridized carbons (Fsp3) is 0.591. The Morgan fingerprint density at radius 3 is 2.33 bits per heavy atom. The van der Waals surface area contributed by atoms with E-state index in [-0.39, 0.29) is 24.4 Å². The van der Waals surface area contributed by atoms with Crippen molar-refractivity contribution in [2.24, 2.45) is 5.92 Å². The van der Waals surface area contributed by atoms with Gasteiger partial charge in [-0.15, -0.1) is 0 Å². The topological polar surface area (TPSA) is 76.2 Å². The fourth-order valence-electron chi connectivity index (χ4n) is 4.22. The lowest BCUT2D eigenvalue weighted by atomic mass is 9.85. The molecular formula is C22H33N5O3. The van der Waals surface area contributed by atoms with E-state index in [1.807, 2.05) is 44.2 Å². The number of hydrogen-bond donors (Lipinski definition) is 1. The highest BCUT2D eigenvalue weighted by Gasteiger charge is 2.54. The monoisotopic (exact) mass is 415 g/mol. The van der Waals surface area contributed by atoms with Crippen LogP contribution in [0.1, 0.15) is 26.7 Å². The highest BCUT2D eigenvalue weighted by atomic mass is 16.2. The second-order valence-corrected chi connectivity index (χ2v) is 8.80. The number of rotatable bonds is 5. The molecule has 0 radical (unpaired) electrons. The number of nitrogens with one attached hydrogen (secondary N) is 1. The van der Waals surface area contributed by atoms with Gasteiger partial charge >= 0.3 is 6.03 Å². The van der Waals surface area contributed by atoms with Gasteiger partial charge in [-0.05, 0) is 30.9 Å². The SMILES string of the molecule is CC(C)CNC(=O)CN1CN(c2ccccc2)C2(CCN(C(=O)N(C)C)CC2)C1=O. The lowest BCUT2D eigenvalue weighted by molar-refractivity contribution is -0.137. The Morgan fingerprint density at radius 2 is 1.77 bits per heavy atom. The number of piperidine rings is 1. The maximum atomic E-state index is 13.5. The number of para-hydroxylation sites is 1. The average molecular weight is 416 g/mol. The number of carbonyl (C=O) groups is 3. The molecule has 2 fully saturated rings. The summed E-state index contributed by atoms with van der Waals surface area (Å²) >= 11 is 0. The molecular weight excluding hydrogens is 382 g/mol. The Bertz CT molecular complexity index is 772. The number of likely N-dealkylation sites (tertiary alicyclic amines) is 1. The summed E-state index contributed by atoms with van der Waals surface area (Å²) in [5, 5.41) is 2.90. The van der Waals surface area contributed by atoms with Gasteiger partial charge in [-0.2, -0.15) is 0 Å². The molecule has 0 atom stereocenters. The summed E-state index contributed by atoms with van der Waals surface area (Å²) in [6, 6.07) is 9.81. The van der Waals surface area contributed by atoms with Gasteiger partial charge in [-0.3, -0.25) is 9.59 Å². The quantitative estimate of drug-likeness (QED) is 0.792. The summed E-state index contributed by atoms with van der Waals surface area (Å²) < 4.78 is 0. The van der Waals surface area contributed by atoms with E-state index in [1.54, 1.807) is 28.8 Å². The van der Waals surface area contributed by atoms with Gasteiger partial charge in [0.2, 0.25) is 5.91 Å². The molecule has 0 bridgehead atoms. The van der Waals surface area contributed by atoms with E-state index in [0.717, 1.165) is 5.69 Å². The summed E-state index contributed by atoms with van der Waals surface area (Å²) in [4.78, 5) is 45.4. The minimum Gasteiger partial charge on any atom is -0.354 e. The molecule has 0 unspecified atom stereocenters. The van der Waals surface area contributed by atoms with Crippen LogP contribution < -0.4 is 10.2 Å². The van der Waals surface area contributed by atoms with Crippen LogP contribution in [-0.2, 0) is 9.59 Å². The molecule has 8 nitrogen and oxygen atoms in total. The first-order chi connectivity index (χ1) is 14.2. The maximum absolute atomic E-state index is 13.5. The maximum Gasteiger partial charge on any atom is 0.319 e. The van der Waals surface area contributed by atoms with Crippen LogP contribution in [0, 0.1) is 5.92 Å². The molecule has 4 amide bonds. The van der Waals surface area contributed by atoms with Gasteiger partial charge in [0.05, 0.1) is 6.67 Å². The van der Waals surface area contributed by atoms with Crippen molar-refractivity contribution in [3.8, 4) is 0 Å². The molecule has 164 valence electrons. The number of urea groups is 1. The van der Waals surface area contributed by atoms with Gasteiger partial charge in [-0.25, -0.2) is 4.79 Å². The first-order valence-electron chi connectivity index (χ1n) is 10.6. The van der Waals surface area contributed by atoms with Crippen LogP contribution in [0.25, 0.3) is 0 Å². The molecule has 2 saturated heterocycles. The van der Waals surface area contributed by atoms with E-state index in [9.17, 15) is 14.4 Å². The van der Waals surface area contributed by atoms with Gasteiger partial charge in [0.15, 0.2) is 0 Å². The van der Waals surface area contributed by atoms with Crippen molar-refractivity contribution in [1.29, 1.82) is 0 Å². The fourth-order valence-corrected chi connectivity index (χ4v) is 4.22. The minimum atomic E-state index is -0.719. The summed E-state index contributed by atoms with van der Waals surface area (Å²) in [5.74, 6) is 0.194. The highest BCUT2D eigenvalue weighted by Crippen LogP contribution is 2.39. The van der Waals surface area contributed by atoms with Gasteiger partial charge in [0, 0.05) is 39.4 Å². The Hall–Kier alpha value is -2.77. The molecule has 30 heavy (non-hydrogen) atoms. The summed E-state index contributed by atoms with van der Waals surface area (Å²) in [6.45, 7) is 6.12. The van der Waals surface area contributed by atoms with Crippen LogP contribution in [0.15, 0.2) is 30.3 Å². The number of hydrogen-bond acceptors (Lipinski definition) is 4. The minimum absolute atomic E-state index is 0.0250. The normalized spacial score (nSPS) is 18.3. The van der Waals surface area contributed by atoms with Crippen LogP contribution in [-0.4, -0.2) is 85.0 Å². The van der Waals surface area contributed by atoms with Gasteiger partial charge < -0.3 is 24.9 Å². The van der Waals surface area contributed by atoms with Crippen LogP contribution in [0.2, 0.25) is 0 Å². The number of anilines is 1. The Morgan fingerprint density at radius 1 is 1.13 bits per heavy atom. The third-order valence-corrected chi connectivity index (χ3v) is 5.87. The van der Waals surface area contributed by atoms with Crippen LogP contribution in [0.5, 0.6) is 0 Å². The highest BCUT2D eigenvalue weighted by molar-refractivity contribution is 5.96. The Labute approximate surface area is 178 Å². The van der Waals surface area contributed by atoms with E-state index in [1.165, 1.54) is 0 Å². The van der Waals surface area contributed by atoms with E-state index >= 15 is 0 Å². The molecule has 2 aliphatic rings. The molecule has 3 rings (SSSR count). The third-order valence-electron chi connectivity index (χ3n) is 5.87. The zero-order valence-corrected chi connectivity index (χ0v) is 18.4. The number of carbonyl (C=O) groups excluding carboxylic acids is 3. The molecule has 0 aromatic heterocycles. The molecule has 1 aromatic rings. The summed E-state index contributed by atoms with van der Waals surface area (Å²) in [5.41, 5.74) is 0.242. The summed E-state index contributed by atoms with van der Waals surface area (Å²) in [6.07, 6.45) is 1.09. The van der Waals surface area contributed by atoms with E-state index in [0.29, 0.717) is 45.1 Å². The predicted molar refractivity (Wildman–Crippen MR) is 116 cm³/mol. The van der Waals surface area contributed by atoms with Gasteiger partial charge in [0.25, 0.3) is 5.91 Å². The van der Waals surface area contributed by atoms with Crippen molar-refractivity contribution in [2.45, 2.75) is 32.2 Å². The first-order valence-corrected chi connectivity index (χ1v) is 10.6. The van der Waals surface area contributed by atoms with Crippen molar-refractivity contribution in [3.05, 3.63) is 30.3 Å².